The number of ether oxygens (including phenoxy) is 1. The van der Waals surface area contributed by atoms with E-state index >= 15 is 0 Å². The first kappa shape index (κ1) is 7.14. The molecular formula is C9H13O2. The third-order valence-electron chi connectivity index (χ3n) is 3.12. The SMILES string of the molecule is [CH2]C1CC2CC(OC=O)C1C2. The van der Waals surface area contributed by atoms with Crippen LogP contribution in [0.1, 0.15) is 19.3 Å². The van der Waals surface area contributed by atoms with Gasteiger partial charge in [0.15, 0.2) is 0 Å². The average molecular weight is 153 g/mol. The Kier molecular flexibility index (Phi) is 1.63. The number of fused-ring (bicyclic) bond motifs is 2. The van der Waals surface area contributed by atoms with E-state index in [1.807, 2.05) is 0 Å². The molecule has 2 nitrogen and oxygen atoms in total. The third kappa shape index (κ3) is 1.05. The van der Waals surface area contributed by atoms with E-state index in [1.54, 1.807) is 0 Å². The maximum Gasteiger partial charge on any atom is 0.293 e. The van der Waals surface area contributed by atoms with Crippen molar-refractivity contribution in [3.05, 3.63) is 6.92 Å². The van der Waals surface area contributed by atoms with E-state index in [-0.39, 0.29) is 6.10 Å². The number of carbonyl (C=O) groups is 1. The van der Waals surface area contributed by atoms with Crippen LogP contribution in [0.25, 0.3) is 0 Å². The zero-order valence-corrected chi connectivity index (χ0v) is 6.53. The van der Waals surface area contributed by atoms with Gasteiger partial charge in [-0.05, 0) is 43.9 Å². The maximum absolute atomic E-state index is 10.1. The summed E-state index contributed by atoms with van der Waals surface area (Å²) >= 11 is 0. The van der Waals surface area contributed by atoms with E-state index in [4.69, 9.17) is 4.74 Å². The molecule has 0 N–H and O–H groups in total. The van der Waals surface area contributed by atoms with Gasteiger partial charge in [-0.2, -0.15) is 0 Å². The molecule has 61 valence electrons. The molecule has 4 unspecified atom stereocenters. The Balaban J connectivity index is 2.00. The molecule has 0 aromatic carbocycles. The fourth-order valence-corrected chi connectivity index (χ4v) is 2.66. The van der Waals surface area contributed by atoms with Crippen LogP contribution in [0.15, 0.2) is 0 Å². The lowest BCUT2D eigenvalue weighted by molar-refractivity contribution is -0.136. The summed E-state index contributed by atoms with van der Waals surface area (Å²) in [6, 6.07) is 0. The van der Waals surface area contributed by atoms with Crippen LogP contribution in [-0.4, -0.2) is 12.6 Å². The second-order valence-corrected chi connectivity index (χ2v) is 3.77. The Morgan fingerprint density at radius 2 is 2.18 bits per heavy atom. The molecule has 2 aliphatic carbocycles. The van der Waals surface area contributed by atoms with Crippen molar-refractivity contribution in [1.82, 2.24) is 0 Å². The lowest BCUT2D eigenvalue weighted by Gasteiger charge is -2.24. The van der Waals surface area contributed by atoms with Crippen LogP contribution in [0, 0.1) is 24.7 Å². The summed E-state index contributed by atoms with van der Waals surface area (Å²) in [6.45, 7) is 4.64. The van der Waals surface area contributed by atoms with Gasteiger partial charge in [0, 0.05) is 0 Å². The second kappa shape index (κ2) is 2.50. The van der Waals surface area contributed by atoms with Crippen LogP contribution in [-0.2, 0) is 9.53 Å². The van der Waals surface area contributed by atoms with Crippen LogP contribution < -0.4 is 0 Å². The van der Waals surface area contributed by atoms with E-state index in [9.17, 15) is 4.79 Å². The van der Waals surface area contributed by atoms with Crippen molar-refractivity contribution in [2.45, 2.75) is 25.4 Å². The van der Waals surface area contributed by atoms with Crippen LogP contribution in [0.5, 0.6) is 0 Å². The Bertz CT molecular complexity index is 167. The van der Waals surface area contributed by atoms with Crippen LogP contribution in [0.2, 0.25) is 0 Å². The quantitative estimate of drug-likeness (QED) is 0.561. The third-order valence-corrected chi connectivity index (χ3v) is 3.12. The van der Waals surface area contributed by atoms with Gasteiger partial charge in [-0.25, -0.2) is 0 Å². The maximum atomic E-state index is 10.1. The fourth-order valence-electron chi connectivity index (χ4n) is 2.66. The van der Waals surface area contributed by atoms with Crippen molar-refractivity contribution in [2.24, 2.45) is 17.8 Å². The zero-order valence-electron chi connectivity index (χ0n) is 6.53. The molecule has 2 heteroatoms. The molecule has 0 heterocycles. The van der Waals surface area contributed by atoms with Gasteiger partial charge in [0.1, 0.15) is 6.10 Å². The summed E-state index contributed by atoms with van der Waals surface area (Å²) in [7, 11) is 0. The van der Waals surface area contributed by atoms with Crippen LogP contribution in [0.3, 0.4) is 0 Å². The summed E-state index contributed by atoms with van der Waals surface area (Å²) in [6.07, 6.45) is 3.74. The molecule has 0 aromatic rings. The van der Waals surface area contributed by atoms with E-state index in [0.29, 0.717) is 18.3 Å². The Hall–Kier alpha value is -0.530. The van der Waals surface area contributed by atoms with Crippen molar-refractivity contribution in [1.29, 1.82) is 0 Å². The summed E-state index contributed by atoms with van der Waals surface area (Å²) in [4.78, 5) is 10.1. The van der Waals surface area contributed by atoms with Crippen molar-refractivity contribution < 1.29 is 9.53 Å². The minimum Gasteiger partial charge on any atom is -0.464 e. The molecule has 1 radical (unpaired) electrons. The molecule has 0 amide bonds. The summed E-state index contributed by atoms with van der Waals surface area (Å²) in [5, 5.41) is 0. The number of hydrogen-bond acceptors (Lipinski definition) is 2. The summed E-state index contributed by atoms with van der Waals surface area (Å²) in [5.74, 6) is 1.87. The van der Waals surface area contributed by atoms with Gasteiger partial charge in [0.2, 0.25) is 0 Å². The topological polar surface area (TPSA) is 26.3 Å². The van der Waals surface area contributed by atoms with E-state index < -0.39 is 0 Å². The zero-order chi connectivity index (χ0) is 7.84. The Morgan fingerprint density at radius 1 is 1.36 bits per heavy atom. The van der Waals surface area contributed by atoms with Gasteiger partial charge in [-0.15, -0.1) is 0 Å². The highest BCUT2D eigenvalue weighted by Gasteiger charge is 2.45. The molecule has 11 heavy (non-hydrogen) atoms. The van der Waals surface area contributed by atoms with Crippen LogP contribution in [0.4, 0.5) is 0 Å². The highest BCUT2D eigenvalue weighted by atomic mass is 16.5. The van der Waals surface area contributed by atoms with E-state index in [0.717, 1.165) is 12.3 Å². The normalized spacial score (nSPS) is 47.7. The first-order valence-electron chi connectivity index (χ1n) is 4.23. The van der Waals surface area contributed by atoms with E-state index in [2.05, 4.69) is 6.92 Å². The van der Waals surface area contributed by atoms with Gasteiger partial charge in [-0.3, -0.25) is 4.79 Å². The number of hydrogen-bond donors (Lipinski definition) is 0. The molecule has 2 aliphatic rings. The molecule has 0 spiro atoms. The average Bonchev–Trinajstić information content (AvgIpc) is 2.46. The molecule has 0 aromatic heterocycles. The van der Waals surface area contributed by atoms with Gasteiger partial charge >= 0.3 is 0 Å². The molecule has 2 rings (SSSR count). The van der Waals surface area contributed by atoms with Crippen molar-refractivity contribution in [2.75, 3.05) is 0 Å². The first-order chi connectivity index (χ1) is 5.31. The standard InChI is InChI=1S/C9H13O2/c1-6-2-7-3-8(6)9(4-7)11-5-10/h5-9H,1-4H2. The summed E-state index contributed by atoms with van der Waals surface area (Å²) < 4.78 is 4.99. The Morgan fingerprint density at radius 3 is 2.73 bits per heavy atom. The van der Waals surface area contributed by atoms with Crippen LogP contribution >= 0.6 is 0 Å². The predicted octanol–water partition coefficient (Wildman–Crippen LogP) is 1.41. The van der Waals surface area contributed by atoms with Crippen molar-refractivity contribution >= 4 is 6.47 Å². The molecule has 0 saturated heterocycles. The number of carbonyl (C=O) groups excluding carboxylic acids is 1. The molecule has 2 fully saturated rings. The van der Waals surface area contributed by atoms with Gasteiger partial charge in [0.25, 0.3) is 6.47 Å². The van der Waals surface area contributed by atoms with Gasteiger partial charge in [-0.1, -0.05) is 0 Å². The van der Waals surface area contributed by atoms with E-state index in [1.165, 1.54) is 12.8 Å². The first-order valence-corrected chi connectivity index (χ1v) is 4.23. The predicted molar refractivity (Wildman–Crippen MR) is 40.6 cm³/mol. The number of rotatable bonds is 2. The highest BCUT2D eigenvalue weighted by Crippen LogP contribution is 2.48. The largest absolute Gasteiger partial charge is 0.464 e. The molecule has 4 atom stereocenters. The van der Waals surface area contributed by atoms with Gasteiger partial charge < -0.3 is 4.74 Å². The van der Waals surface area contributed by atoms with Gasteiger partial charge in [0.05, 0.1) is 0 Å². The Labute approximate surface area is 66.9 Å². The molecule has 2 saturated carbocycles. The monoisotopic (exact) mass is 153 g/mol. The molecule has 2 bridgehead atoms. The fraction of sp³-hybridized carbons (Fsp3) is 0.778. The molecule has 0 aliphatic heterocycles. The lowest BCUT2D eigenvalue weighted by atomic mass is 9.88. The van der Waals surface area contributed by atoms with Crippen molar-refractivity contribution in [3.8, 4) is 0 Å². The highest BCUT2D eigenvalue weighted by molar-refractivity contribution is 5.37. The second-order valence-electron chi connectivity index (χ2n) is 3.77. The minimum atomic E-state index is 0.189. The smallest absolute Gasteiger partial charge is 0.293 e. The van der Waals surface area contributed by atoms with Crippen molar-refractivity contribution in [3.63, 3.8) is 0 Å². The lowest BCUT2D eigenvalue weighted by Crippen LogP contribution is -2.25. The summed E-state index contributed by atoms with van der Waals surface area (Å²) in [5.41, 5.74) is 0. The molecular weight excluding hydrogens is 140 g/mol. The minimum absolute atomic E-state index is 0.189.